The normalized spacial score (nSPS) is 13.8. The molecule has 0 radical (unpaired) electrons. The topological polar surface area (TPSA) is 102 Å². The van der Waals surface area contributed by atoms with Gasteiger partial charge in [0.2, 0.25) is 29.5 Å². The van der Waals surface area contributed by atoms with E-state index >= 15 is 0 Å². The fourth-order valence-corrected chi connectivity index (χ4v) is 8.55. The SMILES string of the molecule is C=CS(=O)(=O)C(CC)(S(=O)(=O)C=C)S(=O)(=O)C=C. The standard InChI is InChI=1S/C9H14O6S3/c1-5-9(16(10,11)6-2,17(12,13)7-3)18(14,15)8-4/h6-8H,2-5H2,1H3. The lowest BCUT2D eigenvalue weighted by atomic mass is 10.6. The van der Waals surface area contributed by atoms with Crippen LogP contribution in [0.3, 0.4) is 0 Å². The lowest BCUT2D eigenvalue weighted by Crippen LogP contribution is -2.49. The molecule has 6 nitrogen and oxygen atoms in total. The van der Waals surface area contributed by atoms with E-state index in [0.717, 1.165) is 6.92 Å². The van der Waals surface area contributed by atoms with E-state index in [1.165, 1.54) is 0 Å². The summed E-state index contributed by atoms with van der Waals surface area (Å²) in [7, 11) is -14.0. The maximum Gasteiger partial charge on any atom is 0.283 e. The molecule has 0 heterocycles. The lowest BCUT2D eigenvalue weighted by molar-refractivity contribution is 0.556. The summed E-state index contributed by atoms with van der Waals surface area (Å²) in [6.07, 6.45) is -0.704. The summed E-state index contributed by atoms with van der Waals surface area (Å²) in [5.74, 6) is 0. The van der Waals surface area contributed by atoms with Crippen LogP contribution in [-0.4, -0.2) is 28.7 Å². The Morgan fingerprint density at radius 1 is 0.778 bits per heavy atom. The highest BCUT2D eigenvalue weighted by molar-refractivity contribution is 8.28. The van der Waals surface area contributed by atoms with Crippen molar-refractivity contribution in [3.8, 4) is 0 Å². The van der Waals surface area contributed by atoms with E-state index in [9.17, 15) is 25.3 Å². The van der Waals surface area contributed by atoms with Gasteiger partial charge in [-0.05, 0) is 6.42 Å². The minimum absolute atomic E-state index is 0.304. The van der Waals surface area contributed by atoms with Crippen LogP contribution in [0.2, 0.25) is 0 Å². The average molecular weight is 314 g/mol. The van der Waals surface area contributed by atoms with Crippen molar-refractivity contribution >= 4 is 29.5 Å². The van der Waals surface area contributed by atoms with Gasteiger partial charge >= 0.3 is 0 Å². The van der Waals surface area contributed by atoms with E-state index in [0.29, 0.717) is 16.2 Å². The molecule has 0 aliphatic carbocycles. The van der Waals surface area contributed by atoms with Crippen molar-refractivity contribution in [3.05, 3.63) is 36.0 Å². The molecule has 0 aliphatic heterocycles. The monoisotopic (exact) mass is 314 g/mol. The van der Waals surface area contributed by atoms with Crippen LogP contribution >= 0.6 is 0 Å². The second-order valence-electron chi connectivity index (χ2n) is 3.17. The first-order chi connectivity index (χ1) is 7.99. The van der Waals surface area contributed by atoms with Gasteiger partial charge in [0, 0.05) is 16.2 Å². The van der Waals surface area contributed by atoms with Gasteiger partial charge in [0.05, 0.1) is 0 Å². The predicted molar refractivity (Wildman–Crippen MR) is 70.4 cm³/mol. The van der Waals surface area contributed by atoms with E-state index in [2.05, 4.69) is 19.7 Å². The van der Waals surface area contributed by atoms with Crippen LogP contribution in [0.4, 0.5) is 0 Å². The van der Waals surface area contributed by atoms with Gasteiger partial charge in [0.25, 0.3) is 3.41 Å². The van der Waals surface area contributed by atoms with Crippen LogP contribution < -0.4 is 0 Å². The van der Waals surface area contributed by atoms with Crippen LogP contribution in [0, 0.1) is 0 Å². The van der Waals surface area contributed by atoms with Crippen LogP contribution in [0.1, 0.15) is 13.3 Å². The molecule has 0 saturated carbocycles. The molecule has 0 rings (SSSR count). The van der Waals surface area contributed by atoms with Crippen molar-refractivity contribution in [3.63, 3.8) is 0 Å². The van der Waals surface area contributed by atoms with Gasteiger partial charge in [-0.2, -0.15) is 0 Å². The molecule has 0 atom stereocenters. The zero-order valence-electron chi connectivity index (χ0n) is 9.73. The Morgan fingerprint density at radius 2 is 1.00 bits per heavy atom. The molecule has 0 N–H and O–H groups in total. The Hall–Kier alpha value is -0.930. The average Bonchev–Trinajstić information content (AvgIpc) is 2.29. The van der Waals surface area contributed by atoms with Crippen molar-refractivity contribution in [2.24, 2.45) is 0 Å². The van der Waals surface area contributed by atoms with E-state index in [1.807, 2.05) is 0 Å². The first-order valence-corrected chi connectivity index (χ1v) is 9.24. The summed E-state index contributed by atoms with van der Waals surface area (Å²) in [6.45, 7) is 10.00. The molecular weight excluding hydrogens is 300 g/mol. The molecule has 0 fully saturated rings. The maximum atomic E-state index is 11.9. The summed E-state index contributed by atoms with van der Waals surface area (Å²) in [4.78, 5) is 0. The zero-order valence-corrected chi connectivity index (χ0v) is 12.2. The summed E-state index contributed by atoms with van der Waals surface area (Å²) < 4.78 is 68.3. The van der Waals surface area contributed by atoms with Crippen molar-refractivity contribution in [1.82, 2.24) is 0 Å². The van der Waals surface area contributed by atoms with E-state index in [1.54, 1.807) is 0 Å². The molecule has 0 aliphatic rings. The smallest absolute Gasteiger partial charge is 0.222 e. The first-order valence-electron chi connectivity index (χ1n) is 4.60. The van der Waals surface area contributed by atoms with Crippen molar-refractivity contribution in [2.75, 3.05) is 0 Å². The minimum Gasteiger partial charge on any atom is -0.222 e. The van der Waals surface area contributed by atoms with Crippen molar-refractivity contribution in [2.45, 2.75) is 16.8 Å². The molecule has 104 valence electrons. The van der Waals surface area contributed by atoms with E-state index in [-0.39, 0.29) is 0 Å². The molecule has 0 aromatic heterocycles. The van der Waals surface area contributed by atoms with Gasteiger partial charge in [-0.3, -0.25) is 0 Å². The quantitative estimate of drug-likeness (QED) is 0.686. The zero-order chi connectivity index (χ0) is 14.8. The number of hydrogen-bond acceptors (Lipinski definition) is 6. The molecule has 0 unspecified atom stereocenters. The molecule has 0 spiro atoms. The van der Waals surface area contributed by atoms with Gasteiger partial charge in [0.1, 0.15) is 0 Å². The van der Waals surface area contributed by atoms with Crippen molar-refractivity contribution < 1.29 is 25.3 Å². The molecule has 0 aromatic carbocycles. The van der Waals surface area contributed by atoms with Crippen LogP contribution in [0.15, 0.2) is 36.0 Å². The highest BCUT2D eigenvalue weighted by atomic mass is 32.3. The summed E-state index contributed by atoms with van der Waals surface area (Å²) in [5.41, 5.74) is 0. The minimum atomic E-state index is -4.67. The van der Waals surface area contributed by atoms with E-state index < -0.39 is 39.3 Å². The molecule has 9 heteroatoms. The fraction of sp³-hybridized carbons (Fsp3) is 0.333. The van der Waals surface area contributed by atoms with Gasteiger partial charge in [-0.25, -0.2) is 25.3 Å². The Balaban J connectivity index is 7.07. The molecule has 0 aromatic rings. The van der Waals surface area contributed by atoms with E-state index in [4.69, 9.17) is 0 Å². The molecule has 0 bridgehead atoms. The second-order valence-corrected chi connectivity index (χ2v) is 10.3. The third-order valence-corrected chi connectivity index (χ3v) is 11.4. The summed E-state index contributed by atoms with van der Waals surface area (Å²) >= 11 is 0. The number of rotatable bonds is 7. The Morgan fingerprint density at radius 3 is 1.11 bits per heavy atom. The highest BCUT2D eigenvalue weighted by Gasteiger charge is 2.60. The maximum absolute atomic E-state index is 11.9. The molecule has 0 amide bonds. The van der Waals surface area contributed by atoms with Gasteiger partial charge in [0.15, 0.2) is 0 Å². The fourth-order valence-electron chi connectivity index (χ4n) is 1.47. The lowest BCUT2D eigenvalue weighted by Gasteiger charge is -2.27. The van der Waals surface area contributed by atoms with Gasteiger partial charge in [-0.1, -0.05) is 26.7 Å². The second kappa shape index (κ2) is 4.98. The summed E-state index contributed by atoms with van der Waals surface area (Å²) in [5, 5.41) is 0.913. The third kappa shape index (κ3) is 2.06. The van der Waals surface area contributed by atoms with Gasteiger partial charge in [-0.15, -0.1) is 0 Å². The third-order valence-electron chi connectivity index (χ3n) is 2.39. The number of hydrogen-bond donors (Lipinski definition) is 0. The van der Waals surface area contributed by atoms with Gasteiger partial charge < -0.3 is 0 Å². The molecule has 0 saturated heterocycles. The Bertz CT molecular complexity index is 571. The van der Waals surface area contributed by atoms with Crippen LogP contribution in [-0.2, 0) is 29.5 Å². The first kappa shape index (κ1) is 17.1. The predicted octanol–water partition coefficient (Wildman–Crippen LogP) is 0.725. The molecule has 18 heavy (non-hydrogen) atoms. The molecular formula is C9H14O6S3. The van der Waals surface area contributed by atoms with Crippen LogP contribution in [0.25, 0.3) is 0 Å². The highest BCUT2D eigenvalue weighted by Crippen LogP contribution is 2.37. The Kier molecular flexibility index (Phi) is 4.72. The number of sulfone groups is 3. The largest absolute Gasteiger partial charge is 0.283 e. The Labute approximate surface area is 107 Å². The van der Waals surface area contributed by atoms with Crippen LogP contribution in [0.5, 0.6) is 0 Å². The van der Waals surface area contributed by atoms with Crippen molar-refractivity contribution in [1.29, 1.82) is 0 Å². The summed E-state index contributed by atoms with van der Waals surface area (Å²) in [6, 6.07) is 0.